The number of β-amino-alcohol motifs (C(OH)–C–C–N with tert-alkyl or cyclic N) is 1. The smallest absolute Gasteiger partial charge is 0.248 e. The van der Waals surface area contributed by atoms with Crippen molar-refractivity contribution in [1.82, 2.24) is 19.4 Å². The summed E-state index contributed by atoms with van der Waals surface area (Å²) in [6, 6.07) is 8.52. The Balaban J connectivity index is 1.44. The molecule has 3 aromatic rings. The fraction of sp³-hybridized carbons (Fsp3) is 0.484. The first kappa shape index (κ1) is 32.2. The van der Waals surface area contributed by atoms with Crippen LogP contribution in [0.5, 0.6) is 17.2 Å². The summed E-state index contributed by atoms with van der Waals surface area (Å²) in [6.07, 6.45) is 5.42. The van der Waals surface area contributed by atoms with E-state index in [-0.39, 0.29) is 38.0 Å². The summed E-state index contributed by atoms with van der Waals surface area (Å²) >= 11 is 0. The minimum atomic E-state index is -1.53. The highest BCUT2D eigenvalue weighted by atomic mass is 19.1. The average Bonchev–Trinajstić information content (AvgIpc) is 3.36. The minimum absolute atomic E-state index is 0.0306. The third-order valence-electron chi connectivity index (χ3n) is 7.21. The Morgan fingerprint density at radius 3 is 2.56 bits per heavy atom. The standard InChI is InChI=1S/C31H40F2N4O6/c1-4-29-34-8-10-36(29)9-5-13-42-28-14-23(6-7-27(28)41-3)18-35-11-12-37(30(38)19-40-2)21-31(39,20-35)22-43-26-16-24(32)15-25(33)17-26/h6-8,10,14-17,39H,4-5,9,11-13,18-22H2,1-3H3/t31-/m1/s1. The van der Waals surface area contributed by atoms with Crippen LogP contribution in [-0.4, -0.2) is 96.2 Å². The molecule has 1 amide bonds. The number of methoxy groups -OCH3 is 2. The summed E-state index contributed by atoms with van der Waals surface area (Å²) in [6.45, 7) is 4.32. The van der Waals surface area contributed by atoms with Gasteiger partial charge < -0.3 is 33.5 Å². The minimum Gasteiger partial charge on any atom is -0.493 e. The fourth-order valence-electron chi connectivity index (χ4n) is 5.19. The summed E-state index contributed by atoms with van der Waals surface area (Å²) < 4.78 is 51.8. The number of imidazole rings is 1. The zero-order valence-corrected chi connectivity index (χ0v) is 24.9. The van der Waals surface area contributed by atoms with E-state index >= 15 is 0 Å². The van der Waals surface area contributed by atoms with E-state index < -0.39 is 17.2 Å². The highest BCUT2D eigenvalue weighted by Gasteiger charge is 2.37. The second kappa shape index (κ2) is 15.1. The lowest BCUT2D eigenvalue weighted by Crippen LogP contribution is -2.52. The van der Waals surface area contributed by atoms with Crippen LogP contribution in [0, 0.1) is 11.6 Å². The van der Waals surface area contributed by atoms with Crippen LogP contribution >= 0.6 is 0 Å². The van der Waals surface area contributed by atoms with Crippen molar-refractivity contribution in [3.05, 3.63) is 71.8 Å². The number of rotatable bonds is 14. The van der Waals surface area contributed by atoms with Crippen LogP contribution in [0.4, 0.5) is 8.78 Å². The fourth-order valence-corrected chi connectivity index (χ4v) is 5.19. The maximum absolute atomic E-state index is 13.7. The molecule has 2 heterocycles. The van der Waals surface area contributed by atoms with Gasteiger partial charge in [0.15, 0.2) is 11.5 Å². The van der Waals surface area contributed by atoms with E-state index in [2.05, 4.69) is 16.5 Å². The van der Waals surface area contributed by atoms with Crippen molar-refractivity contribution in [1.29, 1.82) is 0 Å². The molecule has 0 spiro atoms. The second-order valence-electron chi connectivity index (χ2n) is 10.7. The van der Waals surface area contributed by atoms with Gasteiger partial charge in [-0.05, 0) is 24.1 Å². The highest BCUT2D eigenvalue weighted by Crippen LogP contribution is 2.29. The lowest BCUT2D eigenvalue weighted by atomic mass is 10.0. The number of benzene rings is 2. The molecule has 43 heavy (non-hydrogen) atoms. The predicted molar refractivity (Wildman–Crippen MR) is 155 cm³/mol. The molecular weight excluding hydrogens is 562 g/mol. The van der Waals surface area contributed by atoms with Crippen molar-refractivity contribution >= 4 is 5.91 Å². The third-order valence-corrected chi connectivity index (χ3v) is 7.21. The molecule has 10 nitrogen and oxygen atoms in total. The highest BCUT2D eigenvalue weighted by molar-refractivity contribution is 5.77. The quantitative estimate of drug-likeness (QED) is 0.281. The molecule has 0 aliphatic carbocycles. The third kappa shape index (κ3) is 9.12. The van der Waals surface area contributed by atoms with Crippen LogP contribution in [0.25, 0.3) is 0 Å². The molecule has 1 atom stereocenters. The molecule has 2 aromatic carbocycles. The maximum atomic E-state index is 13.7. The zero-order valence-electron chi connectivity index (χ0n) is 24.9. The molecule has 0 saturated carbocycles. The van der Waals surface area contributed by atoms with E-state index in [9.17, 15) is 18.7 Å². The van der Waals surface area contributed by atoms with Gasteiger partial charge in [0.25, 0.3) is 0 Å². The number of carbonyl (C=O) groups is 1. The number of aliphatic hydroxyl groups is 1. The van der Waals surface area contributed by atoms with Crippen LogP contribution in [0.3, 0.4) is 0 Å². The monoisotopic (exact) mass is 602 g/mol. The van der Waals surface area contributed by atoms with Gasteiger partial charge in [0, 0.05) is 76.8 Å². The average molecular weight is 603 g/mol. The van der Waals surface area contributed by atoms with Crippen LogP contribution in [-0.2, 0) is 29.0 Å². The van der Waals surface area contributed by atoms with Gasteiger partial charge >= 0.3 is 0 Å². The lowest BCUT2D eigenvalue weighted by Gasteiger charge is -2.33. The Labute approximate surface area is 250 Å². The second-order valence-corrected chi connectivity index (χ2v) is 10.7. The van der Waals surface area contributed by atoms with E-state index in [1.165, 1.54) is 12.0 Å². The lowest BCUT2D eigenvalue weighted by molar-refractivity contribution is -0.138. The molecule has 0 bridgehead atoms. The molecule has 0 radical (unpaired) electrons. The largest absolute Gasteiger partial charge is 0.493 e. The molecular formula is C31H40F2N4O6. The van der Waals surface area contributed by atoms with Crippen molar-refractivity contribution < 1.29 is 37.6 Å². The molecule has 1 aromatic heterocycles. The normalized spacial score (nSPS) is 17.5. The van der Waals surface area contributed by atoms with Crippen LogP contribution in [0.2, 0.25) is 0 Å². The number of nitrogens with zero attached hydrogens (tertiary/aromatic N) is 4. The number of amides is 1. The molecule has 1 fully saturated rings. The SMILES string of the molecule is CCc1nccn1CCCOc1cc(CN2CCN(C(=O)COC)C[C@@](O)(COc3cc(F)cc(F)c3)C2)ccc1OC. The van der Waals surface area contributed by atoms with Crippen molar-refractivity contribution in [3.8, 4) is 17.2 Å². The molecule has 1 aliphatic heterocycles. The molecule has 4 rings (SSSR count). The number of hydrogen-bond acceptors (Lipinski definition) is 8. The van der Waals surface area contributed by atoms with Gasteiger partial charge in [-0.15, -0.1) is 0 Å². The van der Waals surface area contributed by atoms with Crippen molar-refractivity contribution in [2.24, 2.45) is 0 Å². The number of ether oxygens (including phenoxy) is 4. The van der Waals surface area contributed by atoms with Crippen LogP contribution < -0.4 is 14.2 Å². The molecule has 0 unspecified atom stereocenters. The van der Waals surface area contributed by atoms with Gasteiger partial charge in [0.1, 0.15) is 42.0 Å². The Morgan fingerprint density at radius 2 is 1.84 bits per heavy atom. The zero-order chi connectivity index (χ0) is 30.8. The summed E-state index contributed by atoms with van der Waals surface area (Å²) in [5.74, 6) is 0.361. The van der Waals surface area contributed by atoms with Crippen molar-refractivity contribution in [3.63, 3.8) is 0 Å². The maximum Gasteiger partial charge on any atom is 0.248 e. The van der Waals surface area contributed by atoms with Gasteiger partial charge in [0.2, 0.25) is 5.91 Å². The van der Waals surface area contributed by atoms with Gasteiger partial charge in [0.05, 0.1) is 20.3 Å². The van der Waals surface area contributed by atoms with Gasteiger partial charge in [-0.3, -0.25) is 9.69 Å². The number of hydrogen-bond donors (Lipinski definition) is 1. The topological polar surface area (TPSA) is 98.5 Å². The van der Waals surface area contributed by atoms with E-state index in [0.29, 0.717) is 37.7 Å². The Kier molecular flexibility index (Phi) is 11.3. The van der Waals surface area contributed by atoms with E-state index in [1.54, 1.807) is 13.3 Å². The van der Waals surface area contributed by atoms with Crippen molar-refractivity contribution in [2.75, 3.05) is 60.2 Å². The first-order chi connectivity index (χ1) is 20.7. The van der Waals surface area contributed by atoms with Crippen LogP contribution in [0.1, 0.15) is 24.7 Å². The number of aryl methyl sites for hydroxylation is 2. The molecule has 12 heteroatoms. The van der Waals surface area contributed by atoms with Gasteiger partial charge in [-0.1, -0.05) is 13.0 Å². The summed E-state index contributed by atoms with van der Waals surface area (Å²) in [7, 11) is 3.02. The summed E-state index contributed by atoms with van der Waals surface area (Å²) in [5, 5.41) is 11.6. The number of carbonyl (C=O) groups excluding carboxylic acids is 1. The molecule has 234 valence electrons. The first-order valence-corrected chi connectivity index (χ1v) is 14.3. The predicted octanol–water partition coefficient (Wildman–Crippen LogP) is 3.30. The summed E-state index contributed by atoms with van der Waals surface area (Å²) in [4.78, 5) is 20.6. The molecule has 1 aliphatic rings. The van der Waals surface area contributed by atoms with E-state index in [4.69, 9.17) is 18.9 Å². The van der Waals surface area contributed by atoms with Gasteiger partial charge in [-0.25, -0.2) is 13.8 Å². The van der Waals surface area contributed by atoms with Crippen LogP contribution in [0.15, 0.2) is 48.8 Å². The van der Waals surface area contributed by atoms with Crippen molar-refractivity contribution in [2.45, 2.75) is 38.5 Å². The summed E-state index contributed by atoms with van der Waals surface area (Å²) in [5.41, 5.74) is -0.607. The van der Waals surface area contributed by atoms with Gasteiger partial charge in [-0.2, -0.15) is 0 Å². The Bertz CT molecular complexity index is 1340. The van der Waals surface area contributed by atoms with E-state index in [0.717, 1.165) is 49.0 Å². The number of aromatic nitrogens is 2. The Morgan fingerprint density at radius 1 is 1.05 bits per heavy atom. The first-order valence-electron chi connectivity index (χ1n) is 14.3. The molecule has 1 saturated heterocycles. The Hall–Kier alpha value is -3.74. The number of halogens is 2. The molecule has 1 N–H and O–H groups in total. The van der Waals surface area contributed by atoms with E-state index in [1.807, 2.05) is 29.3 Å².